The summed E-state index contributed by atoms with van der Waals surface area (Å²) < 4.78 is 4.29. The van der Waals surface area contributed by atoms with Gasteiger partial charge in [0.15, 0.2) is 0 Å². The maximum absolute atomic E-state index is 5.85. The summed E-state index contributed by atoms with van der Waals surface area (Å²) in [5.74, 6) is 2.15. The minimum Gasteiger partial charge on any atom is -0.399 e. The molecule has 0 saturated heterocycles. The van der Waals surface area contributed by atoms with Crippen LogP contribution in [-0.2, 0) is 26.9 Å². The summed E-state index contributed by atoms with van der Waals surface area (Å²) in [4.78, 5) is 9.44. The van der Waals surface area contributed by atoms with Crippen LogP contribution in [0.15, 0.2) is 36.4 Å². The second-order valence-electron chi connectivity index (χ2n) is 6.52. The van der Waals surface area contributed by atoms with Crippen molar-refractivity contribution >= 4 is 33.4 Å². The first-order valence-corrected chi connectivity index (χ1v) is 8.44. The Bertz CT molecular complexity index is 987. The minimum atomic E-state index is 0.746. The molecular weight excluding hydrogens is 312 g/mol. The summed E-state index contributed by atoms with van der Waals surface area (Å²) in [7, 11) is 4.11. The van der Waals surface area contributed by atoms with Crippen molar-refractivity contribution < 1.29 is 0 Å². The summed E-state index contributed by atoms with van der Waals surface area (Å²) in [5, 5.41) is 0. The number of nitrogens with zero attached hydrogens (tertiary/aromatic N) is 4. The highest BCUT2D eigenvalue weighted by atomic mass is 15.1. The van der Waals surface area contributed by atoms with Gasteiger partial charge in [0.1, 0.15) is 11.6 Å². The Morgan fingerprint density at radius 3 is 1.64 bits per heavy atom. The monoisotopic (exact) mass is 334 g/mol. The smallest absolute Gasteiger partial charge is 0.109 e. The van der Waals surface area contributed by atoms with Crippen LogP contribution in [0.4, 0.5) is 11.4 Å². The highest BCUT2D eigenvalue weighted by molar-refractivity contribution is 5.80. The number of nitrogen functional groups attached to an aromatic ring is 2. The summed E-state index contributed by atoms with van der Waals surface area (Å²) >= 11 is 0. The minimum absolute atomic E-state index is 0.746. The number of hydrogen-bond acceptors (Lipinski definition) is 4. The van der Waals surface area contributed by atoms with Gasteiger partial charge in [0.05, 0.1) is 22.1 Å². The van der Waals surface area contributed by atoms with Gasteiger partial charge in [-0.05, 0) is 42.8 Å². The third-order valence-corrected chi connectivity index (χ3v) is 4.80. The number of nitrogens with two attached hydrogens (primary N) is 2. The van der Waals surface area contributed by atoms with E-state index in [1.54, 1.807) is 0 Å². The van der Waals surface area contributed by atoms with Crippen LogP contribution < -0.4 is 11.5 Å². The molecule has 4 rings (SSSR count). The first-order valence-electron chi connectivity index (χ1n) is 8.44. The number of imidazole rings is 2. The summed E-state index contributed by atoms with van der Waals surface area (Å²) in [6, 6.07) is 11.7. The van der Waals surface area contributed by atoms with Crippen molar-refractivity contribution in [3.63, 3.8) is 0 Å². The fourth-order valence-corrected chi connectivity index (χ4v) is 3.39. The lowest BCUT2D eigenvalue weighted by Gasteiger charge is -2.04. The van der Waals surface area contributed by atoms with Crippen LogP contribution in [0.2, 0.25) is 0 Å². The van der Waals surface area contributed by atoms with Crippen LogP contribution in [-0.4, -0.2) is 19.1 Å². The molecule has 2 aromatic heterocycles. The third-order valence-electron chi connectivity index (χ3n) is 4.80. The third kappa shape index (κ3) is 2.69. The van der Waals surface area contributed by atoms with Crippen LogP contribution in [0.5, 0.6) is 0 Å². The van der Waals surface area contributed by atoms with E-state index in [9.17, 15) is 0 Å². The van der Waals surface area contributed by atoms with Crippen LogP contribution in [0.3, 0.4) is 0 Å². The molecule has 0 amide bonds. The zero-order valence-corrected chi connectivity index (χ0v) is 14.5. The Labute approximate surface area is 146 Å². The van der Waals surface area contributed by atoms with E-state index in [-0.39, 0.29) is 0 Å². The van der Waals surface area contributed by atoms with Crippen molar-refractivity contribution in [3.8, 4) is 0 Å². The van der Waals surface area contributed by atoms with Gasteiger partial charge in [0.2, 0.25) is 0 Å². The Balaban J connectivity index is 1.53. The first kappa shape index (κ1) is 15.5. The van der Waals surface area contributed by atoms with Gasteiger partial charge in [0.25, 0.3) is 0 Å². The van der Waals surface area contributed by atoms with Gasteiger partial charge in [0, 0.05) is 38.3 Å². The second kappa shape index (κ2) is 5.81. The van der Waals surface area contributed by atoms with E-state index in [4.69, 9.17) is 21.4 Å². The van der Waals surface area contributed by atoms with Gasteiger partial charge >= 0.3 is 0 Å². The highest BCUT2D eigenvalue weighted by Crippen LogP contribution is 2.21. The van der Waals surface area contributed by atoms with Crippen molar-refractivity contribution in [2.45, 2.75) is 19.3 Å². The van der Waals surface area contributed by atoms with E-state index >= 15 is 0 Å². The number of fused-ring (bicyclic) bond motifs is 2. The molecule has 6 nitrogen and oxygen atoms in total. The quantitative estimate of drug-likeness (QED) is 0.562. The molecule has 0 unspecified atom stereocenters. The van der Waals surface area contributed by atoms with Crippen molar-refractivity contribution in [1.29, 1.82) is 0 Å². The molecule has 4 aromatic rings. The molecule has 25 heavy (non-hydrogen) atoms. The molecule has 4 N–H and O–H groups in total. The highest BCUT2D eigenvalue weighted by Gasteiger charge is 2.11. The molecular formula is C19H22N6. The Hall–Kier alpha value is -3.02. The summed E-state index contributed by atoms with van der Waals surface area (Å²) in [5.41, 5.74) is 17.3. The molecule has 0 bridgehead atoms. The Morgan fingerprint density at radius 2 is 1.20 bits per heavy atom. The summed E-state index contributed by atoms with van der Waals surface area (Å²) in [6.07, 6.45) is 2.78. The molecule has 0 aliphatic heterocycles. The van der Waals surface area contributed by atoms with Crippen molar-refractivity contribution in [3.05, 3.63) is 48.0 Å². The average molecular weight is 334 g/mol. The molecule has 2 aromatic carbocycles. The number of anilines is 2. The van der Waals surface area contributed by atoms with Gasteiger partial charge in [-0.15, -0.1) is 0 Å². The molecule has 0 spiro atoms. The zero-order valence-electron chi connectivity index (χ0n) is 14.5. The van der Waals surface area contributed by atoms with E-state index in [2.05, 4.69) is 23.2 Å². The predicted octanol–water partition coefficient (Wildman–Crippen LogP) is 2.80. The molecule has 0 radical (unpaired) electrons. The van der Waals surface area contributed by atoms with Gasteiger partial charge in [-0.2, -0.15) is 0 Å². The lowest BCUT2D eigenvalue weighted by molar-refractivity contribution is 0.693. The topological polar surface area (TPSA) is 87.7 Å². The maximum Gasteiger partial charge on any atom is 0.109 e. The van der Waals surface area contributed by atoms with Crippen LogP contribution in [0.1, 0.15) is 18.1 Å². The van der Waals surface area contributed by atoms with E-state index in [0.717, 1.165) is 64.4 Å². The molecule has 128 valence electrons. The summed E-state index contributed by atoms with van der Waals surface area (Å²) in [6.45, 7) is 0. The van der Waals surface area contributed by atoms with Gasteiger partial charge in [-0.25, -0.2) is 9.97 Å². The largest absolute Gasteiger partial charge is 0.399 e. The Kier molecular flexibility index (Phi) is 3.60. The molecule has 0 saturated carbocycles. The van der Waals surface area contributed by atoms with Gasteiger partial charge in [-0.3, -0.25) is 0 Å². The van der Waals surface area contributed by atoms with Crippen molar-refractivity contribution in [2.24, 2.45) is 14.1 Å². The van der Waals surface area contributed by atoms with Crippen LogP contribution in [0.25, 0.3) is 22.1 Å². The van der Waals surface area contributed by atoms with E-state index < -0.39 is 0 Å². The van der Waals surface area contributed by atoms with Gasteiger partial charge < -0.3 is 20.6 Å². The maximum atomic E-state index is 5.85. The number of rotatable bonds is 4. The zero-order chi connectivity index (χ0) is 17.6. The molecule has 0 aliphatic rings. The molecule has 0 atom stereocenters. The van der Waals surface area contributed by atoms with E-state index in [0.29, 0.717) is 0 Å². The number of benzene rings is 2. The fraction of sp³-hybridized carbons (Fsp3) is 0.263. The average Bonchev–Trinajstić information content (AvgIpc) is 3.05. The number of aromatic nitrogens is 4. The molecule has 0 fully saturated rings. The second-order valence-corrected chi connectivity index (χ2v) is 6.52. The SMILES string of the molecule is Cn1c(CCCc2nc3cc(N)ccc3n2C)nc2cc(N)ccc21. The van der Waals surface area contributed by atoms with Gasteiger partial charge in [-0.1, -0.05) is 0 Å². The Morgan fingerprint density at radius 1 is 0.760 bits per heavy atom. The molecule has 2 heterocycles. The lowest BCUT2D eigenvalue weighted by atomic mass is 10.2. The van der Waals surface area contributed by atoms with Crippen LogP contribution in [0, 0.1) is 0 Å². The normalized spacial score (nSPS) is 11.6. The van der Waals surface area contributed by atoms with Crippen LogP contribution >= 0.6 is 0 Å². The molecule has 0 aliphatic carbocycles. The first-order chi connectivity index (χ1) is 12.0. The number of hydrogen-bond donors (Lipinski definition) is 2. The lowest BCUT2D eigenvalue weighted by Crippen LogP contribution is -2.02. The fourth-order valence-electron chi connectivity index (χ4n) is 3.39. The standard InChI is InChI=1S/C19H22N6/c1-24-16-8-6-12(20)10-14(16)22-18(24)4-3-5-19-23-15-11-13(21)7-9-17(15)25(19)2/h6-11H,3-5,20-21H2,1-2H3. The van der Waals surface area contributed by atoms with Crippen molar-refractivity contribution in [1.82, 2.24) is 19.1 Å². The van der Waals surface area contributed by atoms with Crippen molar-refractivity contribution in [2.75, 3.05) is 11.5 Å². The molecule has 6 heteroatoms. The van der Waals surface area contributed by atoms with E-state index in [1.807, 2.05) is 36.4 Å². The number of aryl methyl sites for hydroxylation is 4. The predicted molar refractivity (Wildman–Crippen MR) is 102 cm³/mol. The van der Waals surface area contributed by atoms with E-state index in [1.165, 1.54) is 0 Å².